The van der Waals surface area contributed by atoms with Crippen LogP contribution in [0.4, 0.5) is 0 Å². The van der Waals surface area contributed by atoms with Crippen molar-refractivity contribution in [2.24, 2.45) is 0 Å². The number of hydrogen-bond acceptors (Lipinski definition) is 5. The third kappa shape index (κ3) is 3.55. The van der Waals surface area contributed by atoms with Crippen molar-refractivity contribution in [3.63, 3.8) is 0 Å². The second kappa shape index (κ2) is 5.30. The highest BCUT2D eigenvalue weighted by Gasteiger charge is 2.06. The topological polar surface area (TPSA) is 92.2 Å². The molecule has 0 spiro atoms. The zero-order valence-electron chi connectivity index (χ0n) is 7.93. The van der Waals surface area contributed by atoms with Crippen molar-refractivity contribution in [2.45, 2.75) is 5.03 Å². The van der Waals surface area contributed by atoms with Crippen LogP contribution in [0, 0.1) is 0 Å². The molecule has 0 saturated carbocycles. The number of carboxylic acids is 1. The van der Waals surface area contributed by atoms with Crippen molar-refractivity contribution in [3.05, 3.63) is 17.8 Å². The summed E-state index contributed by atoms with van der Waals surface area (Å²) in [6.07, 6.45) is 0. The Bertz CT molecular complexity index is 366. The van der Waals surface area contributed by atoms with Crippen LogP contribution in [-0.2, 0) is 4.79 Å². The summed E-state index contributed by atoms with van der Waals surface area (Å²) in [6, 6.07) is 3.06. The van der Waals surface area contributed by atoms with Gasteiger partial charge >= 0.3 is 5.97 Å². The van der Waals surface area contributed by atoms with E-state index in [0.717, 1.165) is 11.8 Å². The molecule has 15 heavy (non-hydrogen) atoms. The molecule has 0 saturated heterocycles. The minimum absolute atomic E-state index is 0.0754. The lowest BCUT2D eigenvalue weighted by Gasteiger charge is -1.99. The first-order valence-electron chi connectivity index (χ1n) is 4.04. The molecule has 6 nitrogen and oxygen atoms in total. The van der Waals surface area contributed by atoms with E-state index in [2.05, 4.69) is 15.5 Å². The Kier molecular flexibility index (Phi) is 4.04. The Morgan fingerprint density at radius 3 is 2.67 bits per heavy atom. The molecule has 0 aliphatic carbocycles. The van der Waals surface area contributed by atoms with Gasteiger partial charge in [-0.25, -0.2) is 0 Å². The van der Waals surface area contributed by atoms with Crippen LogP contribution in [0.3, 0.4) is 0 Å². The molecule has 7 heteroatoms. The number of nitrogens with one attached hydrogen (secondary N) is 1. The fourth-order valence-corrected chi connectivity index (χ4v) is 1.32. The quantitative estimate of drug-likeness (QED) is 0.704. The van der Waals surface area contributed by atoms with Gasteiger partial charge in [0.15, 0.2) is 5.69 Å². The van der Waals surface area contributed by atoms with Gasteiger partial charge in [-0.05, 0) is 12.1 Å². The molecule has 0 radical (unpaired) electrons. The minimum atomic E-state index is -0.919. The van der Waals surface area contributed by atoms with Gasteiger partial charge in [0.2, 0.25) is 0 Å². The molecule has 0 aliphatic heterocycles. The predicted octanol–water partition coefficient (Wildman–Crippen LogP) is 0.0129. The number of nitrogens with zero attached hydrogens (tertiary/aromatic N) is 2. The van der Waals surface area contributed by atoms with Gasteiger partial charge in [-0.1, -0.05) is 11.8 Å². The van der Waals surface area contributed by atoms with Gasteiger partial charge < -0.3 is 10.4 Å². The molecule has 1 amide bonds. The van der Waals surface area contributed by atoms with E-state index in [1.54, 1.807) is 6.07 Å². The van der Waals surface area contributed by atoms with Crippen LogP contribution in [0.25, 0.3) is 0 Å². The highest BCUT2D eigenvalue weighted by molar-refractivity contribution is 7.99. The highest BCUT2D eigenvalue weighted by Crippen LogP contribution is 2.13. The number of carbonyl (C=O) groups is 2. The molecule has 1 rings (SSSR count). The molecule has 0 aliphatic rings. The summed E-state index contributed by atoms with van der Waals surface area (Å²) in [5.41, 5.74) is 0.206. The third-order valence-corrected chi connectivity index (χ3v) is 2.35. The van der Waals surface area contributed by atoms with E-state index in [0.29, 0.717) is 5.03 Å². The molecule has 1 heterocycles. The fraction of sp³-hybridized carbons (Fsp3) is 0.250. The average Bonchev–Trinajstić information content (AvgIpc) is 2.26. The second-order valence-electron chi connectivity index (χ2n) is 2.52. The predicted molar refractivity (Wildman–Crippen MR) is 53.8 cm³/mol. The van der Waals surface area contributed by atoms with Crippen molar-refractivity contribution in [2.75, 3.05) is 12.8 Å². The Morgan fingerprint density at radius 2 is 2.20 bits per heavy atom. The smallest absolute Gasteiger partial charge is 0.313 e. The third-order valence-electron chi connectivity index (χ3n) is 1.44. The summed E-state index contributed by atoms with van der Waals surface area (Å²) in [7, 11) is 1.50. The van der Waals surface area contributed by atoms with Crippen LogP contribution < -0.4 is 5.32 Å². The van der Waals surface area contributed by atoms with Crippen LogP contribution in [0.1, 0.15) is 10.5 Å². The molecular formula is C8H9N3O3S. The summed E-state index contributed by atoms with van der Waals surface area (Å²) in [6.45, 7) is 0. The summed E-state index contributed by atoms with van der Waals surface area (Å²) in [5.74, 6) is -1.32. The lowest BCUT2D eigenvalue weighted by Crippen LogP contribution is -2.19. The van der Waals surface area contributed by atoms with Crippen molar-refractivity contribution in [1.82, 2.24) is 15.5 Å². The Balaban J connectivity index is 2.64. The van der Waals surface area contributed by atoms with E-state index in [1.807, 2.05) is 0 Å². The number of thioether (sulfide) groups is 1. The van der Waals surface area contributed by atoms with Crippen LogP contribution in [0.15, 0.2) is 17.2 Å². The van der Waals surface area contributed by atoms with E-state index in [9.17, 15) is 9.59 Å². The number of carboxylic acid groups (broad SMARTS) is 1. The summed E-state index contributed by atoms with van der Waals surface area (Å²) in [4.78, 5) is 21.3. The van der Waals surface area contributed by atoms with Crippen molar-refractivity contribution in [3.8, 4) is 0 Å². The van der Waals surface area contributed by atoms with Gasteiger partial charge in [0.25, 0.3) is 5.91 Å². The first-order valence-corrected chi connectivity index (χ1v) is 5.02. The Hall–Kier alpha value is -1.63. The molecule has 1 aromatic heterocycles. The molecule has 2 N–H and O–H groups in total. The molecule has 0 unspecified atom stereocenters. The van der Waals surface area contributed by atoms with Crippen molar-refractivity contribution >= 4 is 23.6 Å². The lowest BCUT2D eigenvalue weighted by molar-refractivity contribution is -0.133. The zero-order chi connectivity index (χ0) is 11.3. The van der Waals surface area contributed by atoms with E-state index >= 15 is 0 Å². The van der Waals surface area contributed by atoms with E-state index < -0.39 is 5.97 Å². The van der Waals surface area contributed by atoms with Gasteiger partial charge in [0.1, 0.15) is 5.03 Å². The molecule has 0 atom stereocenters. The molecule has 0 aromatic carbocycles. The van der Waals surface area contributed by atoms with Crippen molar-refractivity contribution < 1.29 is 14.7 Å². The molecule has 80 valence electrons. The maximum Gasteiger partial charge on any atom is 0.313 e. The van der Waals surface area contributed by atoms with Crippen LogP contribution >= 0.6 is 11.8 Å². The van der Waals surface area contributed by atoms with Crippen LogP contribution in [0.5, 0.6) is 0 Å². The normalized spacial score (nSPS) is 9.67. The van der Waals surface area contributed by atoms with Crippen LogP contribution in [-0.4, -0.2) is 40.0 Å². The van der Waals surface area contributed by atoms with Crippen molar-refractivity contribution in [1.29, 1.82) is 0 Å². The fourth-order valence-electron chi connectivity index (χ4n) is 0.782. The summed E-state index contributed by atoms with van der Waals surface area (Å²) in [5, 5.41) is 18.7. The lowest BCUT2D eigenvalue weighted by atomic mass is 10.4. The minimum Gasteiger partial charge on any atom is -0.481 e. The Labute approximate surface area is 90.1 Å². The number of carbonyl (C=O) groups excluding carboxylic acids is 1. The number of hydrogen-bond donors (Lipinski definition) is 2. The number of rotatable bonds is 4. The van der Waals surface area contributed by atoms with Crippen LogP contribution in [0.2, 0.25) is 0 Å². The molecule has 0 fully saturated rings. The maximum atomic E-state index is 11.1. The first kappa shape index (κ1) is 11.4. The summed E-state index contributed by atoms with van der Waals surface area (Å²) >= 11 is 1.05. The standard InChI is InChI=1S/C8H9N3O3S/c1-9-8(14)5-2-3-6(11-10-5)15-4-7(12)13/h2-3H,4H2,1H3,(H,9,14)(H,12,13). The van der Waals surface area contributed by atoms with Gasteiger partial charge in [-0.15, -0.1) is 10.2 Å². The largest absolute Gasteiger partial charge is 0.481 e. The molecular weight excluding hydrogens is 218 g/mol. The van der Waals surface area contributed by atoms with Gasteiger partial charge in [-0.2, -0.15) is 0 Å². The molecule has 1 aromatic rings. The van der Waals surface area contributed by atoms with Gasteiger partial charge in [0.05, 0.1) is 5.75 Å². The second-order valence-corrected chi connectivity index (χ2v) is 3.51. The van der Waals surface area contributed by atoms with E-state index in [-0.39, 0.29) is 17.4 Å². The average molecular weight is 227 g/mol. The monoisotopic (exact) mass is 227 g/mol. The van der Waals surface area contributed by atoms with E-state index in [1.165, 1.54) is 13.1 Å². The number of aromatic nitrogens is 2. The van der Waals surface area contributed by atoms with Gasteiger partial charge in [-0.3, -0.25) is 9.59 Å². The zero-order valence-corrected chi connectivity index (χ0v) is 8.74. The first-order chi connectivity index (χ1) is 7.13. The SMILES string of the molecule is CNC(=O)c1ccc(SCC(=O)O)nn1. The van der Waals surface area contributed by atoms with Gasteiger partial charge in [0, 0.05) is 7.05 Å². The Morgan fingerprint density at radius 1 is 1.47 bits per heavy atom. The van der Waals surface area contributed by atoms with E-state index in [4.69, 9.17) is 5.11 Å². The number of aliphatic carboxylic acids is 1. The highest BCUT2D eigenvalue weighted by atomic mass is 32.2. The molecule has 0 bridgehead atoms. The number of amides is 1. The summed E-state index contributed by atoms with van der Waals surface area (Å²) < 4.78 is 0. The maximum absolute atomic E-state index is 11.1.